The molecule has 0 atom stereocenters. The van der Waals surface area contributed by atoms with Crippen LogP contribution in [0.3, 0.4) is 0 Å². The zero-order chi connectivity index (χ0) is 18.8. The number of amides is 1. The van der Waals surface area contributed by atoms with Gasteiger partial charge in [0.2, 0.25) is 5.91 Å². The van der Waals surface area contributed by atoms with Crippen molar-refractivity contribution in [1.29, 1.82) is 0 Å². The Hall–Kier alpha value is -3.32. The zero-order valence-electron chi connectivity index (χ0n) is 14.1. The average Bonchev–Trinajstić information content (AvgIpc) is 3.26. The molecule has 3 N–H and O–H groups in total. The number of carbonyl (C=O) groups is 1. The van der Waals surface area contributed by atoms with Crippen molar-refractivity contribution in [3.63, 3.8) is 0 Å². The van der Waals surface area contributed by atoms with Gasteiger partial charge in [-0.1, -0.05) is 11.6 Å². The van der Waals surface area contributed by atoms with Gasteiger partial charge < -0.3 is 19.7 Å². The highest BCUT2D eigenvalue weighted by Gasteiger charge is 2.10. The van der Waals surface area contributed by atoms with Crippen LogP contribution in [0.25, 0.3) is 22.4 Å². The van der Waals surface area contributed by atoms with Crippen LogP contribution in [0, 0.1) is 0 Å². The van der Waals surface area contributed by atoms with Crippen LogP contribution in [0.5, 0.6) is 0 Å². The van der Waals surface area contributed by atoms with Gasteiger partial charge in [-0.25, -0.2) is 9.78 Å². The summed E-state index contributed by atoms with van der Waals surface area (Å²) < 4.78 is 5.69. The van der Waals surface area contributed by atoms with E-state index in [1.54, 1.807) is 36.5 Å². The maximum absolute atomic E-state index is 12.2. The van der Waals surface area contributed by atoms with E-state index in [9.17, 15) is 9.59 Å². The van der Waals surface area contributed by atoms with Crippen LogP contribution in [-0.2, 0) is 11.2 Å². The van der Waals surface area contributed by atoms with Crippen LogP contribution in [0.1, 0.15) is 12.3 Å². The molecule has 0 bridgehead atoms. The molecule has 0 radical (unpaired) electrons. The van der Waals surface area contributed by atoms with Crippen LogP contribution in [0.15, 0.2) is 57.9 Å². The molecule has 0 spiro atoms. The topological polar surface area (TPSA) is 104 Å². The van der Waals surface area contributed by atoms with Gasteiger partial charge in [-0.05, 0) is 42.5 Å². The van der Waals surface area contributed by atoms with Gasteiger partial charge in [0.25, 0.3) is 0 Å². The van der Waals surface area contributed by atoms with Crippen molar-refractivity contribution in [1.82, 2.24) is 15.0 Å². The van der Waals surface area contributed by atoms with Gasteiger partial charge in [0.1, 0.15) is 0 Å². The normalized spacial score (nSPS) is 11.0. The SMILES string of the molecule is O=C(CCc1ncc(-c2ccc(Cl)cc2)o1)Nc1ccc2[nH]c(=O)[nH]c2c1. The molecule has 0 saturated carbocycles. The third-order valence-electron chi connectivity index (χ3n) is 4.05. The maximum Gasteiger partial charge on any atom is 0.323 e. The molecular formula is C19H15ClN4O3. The Morgan fingerprint density at radius 2 is 1.89 bits per heavy atom. The minimum absolute atomic E-state index is 0.168. The highest BCUT2D eigenvalue weighted by Crippen LogP contribution is 2.23. The first-order chi connectivity index (χ1) is 13.1. The highest BCUT2D eigenvalue weighted by atomic mass is 35.5. The number of aryl methyl sites for hydroxylation is 1. The summed E-state index contributed by atoms with van der Waals surface area (Å²) in [5.74, 6) is 0.947. The molecule has 0 fully saturated rings. The molecule has 27 heavy (non-hydrogen) atoms. The monoisotopic (exact) mass is 382 g/mol. The smallest absolute Gasteiger partial charge is 0.323 e. The summed E-state index contributed by atoms with van der Waals surface area (Å²) >= 11 is 5.88. The molecule has 2 heterocycles. The number of imidazole rings is 1. The molecule has 4 aromatic rings. The number of halogens is 1. The van der Waals surface area contributed by atoms with Crippen molar-refractivity contribution in [3.8, 4) is 11.3 Å². The van der Waals surface area contributed by atoms with E-state index >= 15 is 0 Å². The lowest BCUT2D eigenvalue weighted by atomic mass is 10.2. The number of hydrogen-bond acceptors (Lipinski definition) is 4. The molecular weight excluding hydrogens is 368 g/mol. The molecule has 0 saturated heterocycles. The fourth-order valence-electron chi connectivity index (χ4n) is 2.73. The number of aromatic nitrogens is 3. The number of nitrogens with zero attached hydrogens (tertiary/aromatic N) is 1. The van der Waals surface area contributed by atoms with Gasteiger partial charge in [0.15, 0.2) is 11.7 Å². The first-order valence-electron chi connectivity index (χ1n) is 8.29. The number of benzene rings is 2. The number of hydrogen-bond donors (Lipinski definition) is 3. The molecule has 0 unspecified atom stereocenters. The maximum atomic E-state index is 12.2. The standard InChI is InChI=1S/C19H15ClN4O3/c20-12-3-1-11(2-4-12)16-10-21-18(27-16)8-7-17(25)22-13-5-6-14-15(9-13)24-19(26)23-14/h1-6,9-10H,7-8H2,(H,22,25)(H2,23,24,26). The lowest BCUT2D eigenvalue weighted by Crippen LogP contribution is -2.12. The predicted molar refractivity (Wildman–Crippen MR) is 103 cm³/mol. The summed E-state index contributed by atoms with van der Waals surface area (Å²) in [7, 11) is 0. The lowest BCUT2D eigenvalue weighted by Gasteiger charge is -2.04. The van der Waals surface area contributed by atoms with Gasteiger partial charge in [-0.3, -0.25) is 4.79 Å². The third-order valence-corrected chi connectivity index (χ3v) is 4.30. The quantitative estimate of drug-likeness (QED) is 0.489. The van der Waals surface area contributed by atoms with Crippen LogP contribution in [0.4, 0.5) is 5.69 Å². The van der Waals surface area contributed by atoms with Crippen LogP contribution >= 0.6 is 11.6 Å². The average molecular weight is 383 g/mol. The van der Waals surface area contributed by atoms with E-state index in [0.717, 1.165) is 5.56 Å². The summed E-state index contributed by atoms with van der Waals surface area (Å²) in [5.41, 5.74) is 2.52. The number of H-pyrrole nitrogens is 2. The second kappa shape index (κ2) is 7.13. The molecule has 2 aromatic carbocycles. The number of rotatable bonds is 5. The summed E-state index contributed by atoms with van der Waals surface area (Å²) in [4.78, 5) is 33.0. The number of anilines is 1. The van der Waals surface area contributed by atoms with E-state index < -0.39 is 0 Å². The molecule has 0 aliphatic rings. The fourth-order valence-corrected chi connectivity index (χ4v) is 2.85. The Balaban J connectivity index is 1.37. The molecule has 0 aliphatic heterocycles. The Morgan fingerprint density at radius 1 is 1.11 bits per heavy atom. The van der Waals surface area contributed by atoms with Gasteiger partial charge in [-0.2, -0.15) is 0 Å². The number of aromatic amines is 2. The molecule has 1 amide bonds. The summed E-state index contributed by atoms with van der Waals surface area (Å²) in [6, 6.07) is 12.4. The Labute approximate surface area is 158 Å². The minimum atomic E-state index is -0.283. The predicted octanol–water partition coefficient (Wildman–Crippen LogP) is 3.74. The van der Waals surface area contributed by atoms with Gasteiger partial charge >= 0.3 is 5.69 Å². The minimum Gasteiger partial charge on any atom is -0.441 e. The number of nitrogens with one attached hydrogen (secondary N) is 3. The van der Waals surface area contributed by atoms with E-state index in [0.29, 0.717) is 39.8 Å². The van der Waals surface area contributed by atoms with Crippen LogP contribution in [-0.4, -0.2) is 20.9 Å². The molecule has 8 heteroatoms. The summed E-state index contributed by atoms with van der Waals surface area (Å²) in [5, 5.41) is 3.45. The largest absolute Gasteiger partial charge is 0.441 e. The van der Waals surface area contributed by atoms with Crippen molar-refractivity contribution in [2.75, 3.05) is 5.32 Å². The Morgan fingerprint density at radius 3 is 2.70 bits per heavy atom. The third kappa shape index (κ3) is 3.93. The fraction of sp³-hybridized carbons (Fsp3) is 0.105. The van der Waals surface area contributed by atoms with Crippen LogP contribution in [0.2, 0.25) is 5.02 Å². The van der Waals surface area contributed by atoms with Crippen molar-refractivity contribution in [2.45, 2.75) is 12.8 Å². The number of carbonyl (C=O) groups excluding carboxylic acids is 1. The van der Waals surface area contributed by atoms with Gasteiger partial charge in [0.05, 0.1) is 17.2 Å². The van der Waals surface area contributed by atoms with E-state index in [1.807, 2.05) is 12.1 Å². The molecule has 136 valence electrons. The van der Waals surface area contributed by atoms with E-state index in [-0.39, 0.29) is 18.0 Å². The van der Waals surface area contributed by atoms with E-state index in [1.165, 1.54) is 0 Å². The Bertz CT molecular complexity index is 1160. The number of oxazole rings is 1. The summed E-state index contributed by atoms with van der Waals surface area (Å²) in [6.07, 6.45) is 2.23. The first-order valence-corrected chi connectivity index (χ1v) is 8.67. The molecule has 0 aliphatic carbocycles. The second-order valence-electron chi connectivity index (χ2n) is 6.01. The highest BCUT2D eigenvalue weighted by molar-refractivity contribution is 6.30. The molecule has 7 nitrogen and oxygen atoms in total. The van der Waals surface area contributed by atoms with Crippen LogP contribution < -0.4 is 11.0 Å². The van der Waals surface area contributed by atoms with Gasteiger partial charge in [-0.15, -0.1) is 0 Å². The first kappa shape index (κ1) is 17.1. The second-order valence-corrected chi connectivity index (χ2v) is 6.45. The molecule has 4 rings (SSSR count). The van der Waals surface area contributed by atoms with E-state index in [4.69, 9.17) is 16.0 Å². The molecule has 2 aromatic heterocycles. The zero-order valence-corrected chi connectivity index (χ0v) is 14.8. The van der Waals surface area contributed by atoms with Crippen molar-refractivity contribution >= 4 is 34.2 Å². The van der Waals surface area contributed by atoms with Crippen molar-refractivity contribution < 1.29 is 9.21 Å². The number of fused-ring (bicyclic) bond motifs is 1. The lowest BCUT2D eigenvalue weighted by molar-refractivity contribution is -0.116. The van der Waals surface area contributed by atoms with Gasteiger partial charge in [0, 0.05) is 29.1 Å². The summed E-state index contributed by atoms with van der Waals surface area (Å²) in [6.45, 7) is 0. The van der Waals surface area contributed by atoms with E-state index in [2.05, 4.69) is 20.3 Å². The van der Waals surface area contributed by atoms with Crippen molar-refractivity contribution in [3.05, 3.63) is 70.1 Å². The van der Waals surface area contributed by atoms with Crippen molar-refractivity contribution in [2.24, 2.45) is 0 Å². The Kier molecular flexibility index (Phi) is 4.52.